The molecular weight excluding hydrogens is 474 g/mol. The van der Waals surface area contributed by atoms with E-state index in [2.05, 4.69) is 17.0 Å². The predicted octanol–water partition coefficient (Wildman–Crippen LogP) is 4.60. The Hall–Kier alpha value is -4.50. The van der Waals surface area contributed by atoms with Crippen LogP contribution in [0.4, 0.5) is 0 Å². The molecule has 178 valence electrons. The number of benzene rings is 2. The molecule has 0 spiro atoms. The average molecular weight is 496 g/mol. The summed E-state index contributed by atoms with van der Waals surface area (Å²) in [6, 6.07) is 21.2. The topological polar surface area (TPSA) is 87.4 Å². The zero-order chi connectivity index (χ0) is 24.5. The van der Waals surface area contributed by atoms with Gasteiger partial charge in [-0.1, -0.05) is 36.5 Å². The van der Waals surface area contributed by atoms with Crippen LogP contribution in [0.15, 0.2) is 88.4 Å². The summed E-state index contributed by atoms with van der Waals surface area (Å²) in [6.45, 7) is 2.75. The molecule has 4 aromatic heterocycles. The van der Waals surface area contributed by atoms with Crippen molar-refractivity contribution in [3.8, 4) is 34.3 Å². The molecule has 4 heterocycles. The molecule has 0 radical (unpaired) electrons. The van der Waals surface area contributed by atoms with Gasteiger partial charge in [0.2, 0.25) is 10.8 Å². The van der Waals surface area contributed by atoms with Crippen LogP contribution in [0.2, 0.25) is 0 Å². The van der Waals surface area contributed by atoms with Crippen molar-refractivity contribution in [2.24, 2.45) is 0 Å². The summed E-state index contributed by atoms with van der Waals surface area (Å²) in [6.07, 6.45) is 6.27. The van der Waals surface area contributed by atoms with Crippen LogP contribution in [-0.4, -0.2) is 31.0 Å². The first kappa shape index (κ1) is 22.0. The Bertz CT molecular complexity index is 1730. The van der Waals surface area contributed by atoms with E-state index in [-0.39, 0.29) is 5.56 Å². The fourth-order valence-corrected chi connectivity index (χ4v) is 4.74. The number of hydrogen-bond acceptors (Lipinski definition) is 7. The number of rotatable bonds is 7. The first-order valence-electron chi connectivity index (χ1n) is 11.5. The molecule has 0 amide bonds. The highest BCUT2D eigenvalue weighted by molar-refractivity contribution is 7.15. The van der Waals surface area contributed by atoms with E-state index in [0.29, 0.717) is 27.7 Å². The zero-order valence-corrected chi connectivity index (χ0v) is 20.2. The maximum atomic E-state index is 13.2. The van der Waals surface area contributed by atoms with E-state index in [1.807, 2.05) is 71.6 Å². The van der Waals surface area contributed by atoms with E-state index in [1.165, 1.54) is 15.9 Å². The van der Waals surface area contributed by atoms with E-state index in [9.17, 15) is 4.79 Å². The highest BCUT2D eigenvalue weighted by Gasteiger charge is 2.16. The second kappa shape index (κ2) is 9.27. The summed E-state index contributed by atoms with van der Waals surface area (Å²) < 4.78 is 14.7. The summed E-state index contributed by atoms with van der Waals surface area (Å²) in [5.41, 5.74) is 3.19. The van der Waals surface area contributed by atoms with Gasteiger partial charge in [-0.25, -0.2) is 4.68 Å². The summed E-state index contributed by atoms with van der Waals surface area (Å²) >= 11 is 1.28. The van der Waals surface area contributed by atoms with Gasteiger partial charge in [-0.2, -0.15) is 14.6 Å². The fourth-order valence-electron chi connectivity index (χ4n) is 3.84. The minimum Gasteiger partial charge on any atom is -0.494 e. The lowest BCUT2D eigenvalue weighted by atomic mass is 10.1. The van der Waals surface area contributed by atoms with Gasteiger partial charge in [0.1, 0.15) is 11.4 Å². The third kappa shape index (κ3) is 4.09. The van der Waals surface area contributed by atoms with Crippen LogP contribution in [0.1, 0.15) is 18.9 Å². The normalized spacial score (nSPS) is 12.0. The Labute approximate surface area is 209 Å². The Morgan fingerprint density at radius 2 is 1.86 bits per heavy atom. The van der Waals surface area contributed by atoms with E-state index in [4.69, 9.17) is 14.3 Å². The molecule has 6 aromatic rings. The molecule has 0 fully saturated rings. The van der Waals surface area contributed by atoms with Gasteiger partial charge >= 0.3 is 0 Å². The number of furan rings is 1. The number of fused-ring (bicyclic) bond motifs is 1. The van der Waals surface area contributed by atoms with Crippen molar-refractivity contribution in [1.82, 2.24) is 24.4 Å². The van der Waals surface area contributed by atoms with Crippen LogP contribution < -0.4 is 14.8 Å². The van der Waals surface area contributed by atoms with Gasteiger partial charge in [-0.05, 0) is 61.0 Å². The van der Waals surface area contributed by atoms with Gasteiger partial charge in [-0.3, -0.25) is 4.79 Å². The number of aromatic nitrogens is 5. The third-order valence-corrected chi connectivity index (χ3v) is 6.53. The smallest absolute Gasteiger partial charge is 0.291 e. The van der Waals surface area contributed by atoms with Gasteiger partial charge < -0.3 is 9.15 Å². The van der Waals surface area contributed by atoms with Gasteiger partial charge in [0.05, 0.1) is 23.1 Å². The molecule has 36 heavy (non-hydrogen) atoms. The number of ether oxygens (including phenoxy) is 1. The monoisotopic (exact) mass is 495 g/mol. The lowest BCUT2D eigenvalue weighted by Crippen LogP contribution is -2.23. The fraction of sp³-hybridized carbons (Fsp3) is 0.111. The Morgan fingerprint density at radius 3 is 2.58 bits per heavy atom. The maximum Gasteiger partial charge on any atom is 0.291 e. The van der Waals surface area contributed by atoms with Crippen molar-refractivity contribution in [3.63, 3.8) is 0 Å². The van der Waals surface area contributed by atoms with E-state index in [0.717, 1.165) is 34.7 Å². The van der Waals surface area contributed by atoms with E-state index in [1.54, 1.807) is 18.4 Å². The molecule has 0 saturated heterocycles. The van der Waals surface area contributed by atoms with Gasteiger partial charge in [-0.15, -0.1) is 5.10 Å². The van der Waals surface area contributed by atoms with E-state index < -0.39 is 0 Å². The minimum atomic E-state index is -0.234. The predicted molar refractivity (Wildman–Crippen MR) is 138 cm³/mol. The van der Waals surface area contributed by atoms with Crippen LogP contribution in [0.3, 0.4) is 0 Å². The van der Waals surface area contributed by atoms with Crippen LogP contribution >= 0.6 is 11.3 Å². The van der Waals surface area contributed by atoms with Crippen LogP contribution in [-0.2, 0) is 0 Å². The molecule has 0 N–H and O–H groups in total. The SMILES string of the molecule is CCCOc1ccc(-c2nn(-c3ccccc3)cc2C=c2sc3nc(-c4ccco4)nn3c2=O)cc1. The number of hydrogen-bond donors (Lipinski definition) is 0. The van der Waals surface area contributed by atoms with Crippen LogP contribution in [0, 0.1) is 0 Å². The van der Waals surface area contributed by atoms with Gasteiger partial charge in [0, 0.05) is 17.3 Å². The molecule has 0 aliphatic carbocycles. The second-order valence-electron chi connectivity index (χ2n) is 8.11. The lowest BCUT2D eigenvalue weighted by molar-refractivity contribution is 0.317. The molecule has 8 nitrogen and oxygen atoms in total. The number of thiazole rings is 1. The summed E-state index contributed by atoms with van der Waals surface area (Å²) in [7, 11) is 0. The Morgan fingerprint density at radius 1 is 1.03 bits per heavy atom. The molecule has 0 unspecified atom stereocenters. The molecule has 2 aromatic carbocycles. The second-order valence-corrected chi connectivity index (χ2v) is 9.12. The lowest BCUT2D eigenvalue weighted by Gasteiger charge is -2.05. The van der Waals surface area contributed by atoms with Crippen molar-refractivity contribution in [2.45, 2.75) is 13.3 Å². The van der Waals surface area contributed by atoms with E-state index >= 15 is 0 Å². The van der Waals surface area contributed by atoms with Crippen molar-refractivity contribution in [2.75, 3.05) is 6.61 Å². The minimum absolute atomic E-state index is 0.234. The Kier molecular flexibility index (Phi) is 5.67. The number of nitrogens with zero attached hydrogens (tertiary/aromatic N) is 5. The maximum absolute atomic E-state index is 13.2. The first-order valence-corrected chi connectivity index (χ1v) is 12.3. The highest BCUT2D eigenvalue weighted by Crippen LogP contribution is 2.27. The zero-order valence-electron chi connectivity index (χ0n) is 19.4. The molecule has 0 saturated carbocycles. The van der Waals surface area contributed by atoms with Crippen LogP contribution in [0.25, 0.3) is 39.6 Å². The quantitative estimate of drug-likeness (QED) is 0.322. The Balaban J connectivity index is 1.45. The van der Waals surface area contributed by atoms with Crippen molar-refractivity contribution < 1.29 is 9.15 Å². The molecule has 0 atom stereocenters. The van der Waals surface area contributed by atoms with Gasteiger partial charge in [0.25, 0.3) is 5.56 Å². The molecule has 0 bridgehead atoms. The molecule has 9 heteroatoms. The summed E-state index contributed by atoms with van der Waals surface area (Å²) in [4.78, 5) is 18.1. The first-order chi connectivity index (χ1) is 17.7. The summed E-state index contributed by atoms with van der Waals surface area (Å²) in [5.74, 6) is 1.72. The molecular formula is C27H21N5O3S. The van der Waals surface area contributed by atoms with Crippen molar-refractivity contribution >= 4 is 22.4 Å². The average Bonchev–Trinajstić information content (AvgIpc) is 3.70. The molecule has 0 aliphatic heterocycles. The molecule has 6 rings (SSSR count). The molecule has 0 aliphatic rings. The highest BCUT2D eigenvalue weighted by atomic mass is 32.1. The van der Waals surface area contributed by atoms with Crippen molar-refractivity contribution in [3.05, 3.63) is 99.6 Å². The summed E-state index contributed by atoms with van der Waals surface area (Å²) in [5, 5.41) is 9.19. The van der Waals surface area contributed by atoms with Gasteiger partial charge in [0.15, 0.2) is 5.76 Å². The third-order valence-electron chi connectivity index (χ3n) is 5.57. The van der Waals surface area contributed by atoms with Crippen molar-refractivity contribution in [1.29, 1.82) is 0 Å². The number of para-hydroxylation sites is 1. The van der Waals surface area contributed by atoms with Crippen LogP contribution in [0.5, 0.6) is 5.75 Å². The largest absolute Gasteiger partial charge is 0.494 e. The standard InChI is InChI=1S/C27H21N5O3S/c1-2-14-34-21-12-10-18(11-13-21)24-19(17-31(29-24)20-7-4-3-5-8-20)16-23-26(33)32-27(36-23)28-25(30-32)22-9-6-15-35-22/h3-13,15-17H,2,14H2,1H3.